The van der Waals surface area contributed by atoms with E-state index in [0.717, 1.165) is 11.1 Å². The maximum absolute atomic E-state index is 11.8. The average molecular weight is 255 g/mol. The van der Waals surface area contributed by atoms with E-state index in [1.54, 1.807) is 6.92 Å². The van der Waals surface area contributed by atoms with Gasteiger partial charge in [-0.3, -0.25) is 9.89 Å². The van der Waals surface area contributed by atoms with E-state index < -0.39 is 0 Å². The molecule has 0 radical (unpaired) electrons. The Hall–Kier alpha value is -2.63. The predicted molar refractivity (Wildman–Crippen MR) is 72.9 cm³/mol. The second kappa shape index (κ2) is 3.94. The fraction of sp³-hybridized carbons (Fsp3) is 0.154. The van der Waals surface area contributed by atoms with Crippen molar-refractivity contribution >= 4 is 11.5 Å². The number of nitrogens with one attached hydrogen (secondary N) is 1. The van der Waals surface area contributed by atoms with Gasteiger partial charge < -0.3 is 5.73 Å². The van der Waals surface area contributed by atoms with Gasteiger partial charge in [0.05, 0.1) is 0 Å². The number of nitrogens with zero attached hydrogens (tertiary/aromatic N) is 3. The lowest BCUT2D eigenvalue weighted by molar-refractivity contribution is 0.892. The molecular weight excluding hydrogens is 242 g/mol. The third kappa shape index (κ3) is 1.87. The molecule has 0 aliphatic rings. The second-order valence-electron chi connectivity index (χ2n) is 4.53. The summed E-state index contributed by atoms with van der Waals surface area (Å²) in [5.74, 6) is 0.886. The van der Waals surface area contributed by atoms with Crippen molar-refractivity contribution in [1.82, 2.24) is 19.6 Å². The summed E-state index contributed by atoms with van der Waals surface area (Å²) in [6.45, 7) is 3.73. The molecule has 96 valence electrons. The Kier molecular flexibility index (Phi) is 2.38. The Balaban J connectivity index is 2.29. The van der Waals surface area contributed by atoms with E-state index in [0.29, 0.717) is 23.0 Å². The highest BCUT2D eigenvalue weighted by Gasteiger charge is 2.10. The maximum atomic E-state index is 11.8. The first-order chi connectivity index (χ1) is 9.04. The van der Waals surface area contributed by atoms with Crippen molar-refractivity contribution in [3.05, 3.63) is 45.9 Å². The highest BCUT2D eigenvalue weighted by atomic mass is 16.1. The Labute approximate surface area is 108 Å². The van der Waals surface area contributed by atoms with Gasteiger partial charge in [-0.05, 0) is 26.0 Å². The number of rotatable bonds is 1. The molecule has 0 aliphatic heterocycles. The molecule has 0 saturated heterocycles. The smallest absolute Gasteiger partial charge is 0.274 e. The Morgan fingerprint density at radius 2 is 2.00 bits per heavy atom. The molecule has 0 bridgehead atoms. The molecule has 3 N–H and O–H groups in total. The van der Waals surface area contributed by atoms with Crippen molar-refractivity contribution in [2.24, 2.45) is 0 Å². The highest BCUT2D eigenvalue weighted by molar-refractivity contribution is 5.72. The molecule has 0 unspecified atom stereocenters. The quantitative estimate of drug-likeness (QED) is 0.641. The fourth-order valence-corrected chi connectivity index (χ4v) is 1.99. The lowest BCUT2D eigenvalue weighted by Crippen LogP contribution is -2.14. The average Bonchev–Trinajstić information content (AvgIpc) is 2.76. The number of H-pyrrole nitrogens is 1. The third-order valence-electron chi connectivity index (χ3n) is 2.92. The molecule has 0 saturated carbocycles. The zero-order valence-corrected chi connectivity index (χ0v) is 10.6. The van der Waals surface area contributed by atoms with Gasteiger partial charge in [0.15, 0.2) is 5.82 Å². The summed E-state index contributed by atoms with van der Waals surface area (Å²) in [7, 11) is 0. The van der Waals surface area contributed by atoms with Crippen LogP contribution in [0, 0.1) is 13.8 Å². The molecule has 6 heteroatoms. The summed E-state index contributed by atoms with van der Waals surface area (Å²) in [5.41, 5.74) is 8.84. The number of nitrogens with two attached hydrogens (primary N) is 1. The second-order valence-corrected chi connectivity index (χ2v) is 4.53. The first-order valence-electron chi connectivity index (χ1n) is 5.87. The van der Waals surface area contributed by atoms with E-state index in [1.807, 2.05) is 25.1 Å². The van der Waals surface area contributed by atoms with E-state index in [2.05, 4.69) is 15.1 Å². The highest BCUT2D eigenvalue weighted by Crippen LogP contribution is 2.23. The van der Waals surface area contributed by atoms with Gasteiger partial charge >= 0.3 is 0 Å². The first kappa shape index (κ1) is 11.5. The number of aryl methyl sites for hydroxylation is 2. The number of hydrogen-bond donors (Lipinski definition) is 2. The van der Waals surface area contributed by atoms with E-state index >= 15 is 0 Å². The van der Waals surface area contributed by atoms with Crippen LogP contribution in [0.4, 0.5) is 5.69 Å². The van der Waals surface area contributed by atoms with Gasteiger partial charge in [0, 0.05) is 23.0 Å². The minimum atomic E-state index is -0.188. The van der Waals surface area contributed by atoms with E-state index in [9.17, 15) is 4.79 Å². The van der Waals surface area contributed by atoms with E-state index in [4.69, 9.17) is 5.73 Å². The van der Waals surface area contributed by atoms with Crippen LogP contribution in [0.1, 0.15) is 11.3 Å². The number of nitrogen functional groups attached to an aromatic ring is 1. The van der Waals surface area contributed by atoms with Gasteiger partial charge in [0.1, 0.15) is 0 Å². The van der Waals surface area contributed by atoms with Crippen LogP contribution in [0.25, 0.3) is 17.2 Å². The van der Waals surface area contributed by atoms with Crippen molar-refractivity contribution in [3.8, 4) is 11.4 Å². The predicted octanol–water partition coefficient (Wildman–Crippen LogP) is 1.28. The number of anilines is 1. The summed E-state index contributed by atoms with van der Waals surface area (Å²) in [6, 6.07) is 7.12. The molecule has 0 aliphatic carbocycles. The minimum absolute atomic E-state index is 0.188. The molecule has 0 amide bonds. The molecule has 3 aromatic rings. The molecular formula is C13H13N5O. The van der Waals surface area contributed by atoms with Gasteiger partial charge in [0.2, 0.25) is 0 Å². The largest absolute Gasteiger partial charge is 0.398 e. The summed E-state index contributed by atoms with van der Waals surface area (Å²) in [5, 5.41) is 2.93. The molecule has 0 atom stereocenters. The topological polar surface area (TPSA) is 89.1 Å². The van der Waals surface area contributed by atoms with Crippen LogP contribution < -0.4 is 11.3 Å². The molecule has 3 rings (SSSR count). The summed E-state index contributed by atoms with van der Waals surface area (Å²) < 4.78 is 1.31. The van der Waals surface area contributed by atoms with Crippen molar-refractivity contribution < 1.29 is 0 Å². The van der Waals surface area contributed by atoms with Crippen LogP contribution in [0.2, 0.25) is 0 Å². The Morgan fingerprint density at radius 1 is 1.21 bits per heavy atom. The van der Waals surface area contributed by atoms with Crippen molar-refractivity contribution in [2.75, 3.05) is 5.73 Å². The van der Waals surface area contributed by atoms with Crippen LogP contribution in [0.3, 0.4) is 0 Å². The normalized spacial score (nSPS) is 11.1. The van der Waals surface area contributed by atoms with Crippen molar-refractivity contribution in [3.63, 3.8) is 0 Å². The number of aromatic amines is 1. The van der Waals surface area contributed by atoms with Crippen LogP contribution in [-0.4, -0.2) is 19.6 Å². The monoisotopic (exact) mass is 255 g/mol. The standard InChI is InChI=1S/C13H13N5O/c1-7-3-4-10(14)9(5-7)12-16-13-15-8(2)6-11(19)18(13)17-12/h3-6H,14H2,1-2H3,(H,15,16,17). The van der Waals surface area contributed by atoms with Crippen LogP contribution >= 0.6 is 0 Å². The van der Waals surface area contributed by atoms with E-state index in [-0.39, 0.29) is 5.56 Å². The minimum Gasteiger partial charge on any atom is -0.398 e. The SMILES string of the molecule is Cc1ccc(N)c(-c2nc3nc(C)cc(=O)n3[nH]2)c1. The van der Waals surface area contributed by atoms with Crippen molar-refractivity contribution in [2.45, 2.75) is 13.8 Å². The fourth-order valence-electron chi connectivity index (χ4n) is 1.99. The van der Waals surface area contributed by atoms with Gasteiger partial charge in [-0.2, -0.15) is 9.50 Å². The number of aromatic nitrogens is 4. The van der Waals surface area contributed by atoms with Crippen LogP contribution in [0.5, 0.6) is 0 Å². The maximum Gasteiger partial charge on any atom is 0.274 e. The molecule has 1 aromatic carbocycles. The zero-order chi connectivity index (χ0) is 13.6. The van der Waals surface area contributed by atoms with Gasteiger partial charge in [-0.25, -0.2) is 4.98 Å². The number of benzene rings is 1. The van der Waals surface area contributed by atoms with Gasteiger partial charge in [0.25, 0.3) is 11.3 Å². The summed E-state index contributed by atoms with van der Waals surface area (Å²) >= 11 is 0. The molecule has 19 heavy (non-hydrogen) atoms. The Bertz CT molecular complexity index is 831. The number of fused-ring (bicyclic) bond motifs is 1. The molecule has 2 heterocycles. The first-order valence-corrected chi connectivity index (χ1v) is 5.87. The third-order valence-corrected chi connectivity index (χ3v) is 2.92. The van der Waals surface area contributed by atoms with Gasteiger partial charge in [-0.1, -0.05) is 11.6 Å². The zero-order valence-electron chi connectivity index (χ0n) is 10.6. The lowest BCUT2D eigenvalue weighted by Gasteiger charge is -2.02. The van der Waals surface area contributed by atoms with Gasteiger partial charge in [-0.15, -0.1) is 0 Å². The Morgan fingerprint density at radius 3 is 2.79 bits per heavy atom. The summed E-state index contributed by atoms with van der Waals surface area (Å²) in [6.07, 6.45) is 0. The molecule has 2 aromatic heterocycles. The molecule has 0 spiro atoms. The van der Waals surface area contributed by atoms with E-state index in [1.165, 1.54) is 10.6 Å². The van der Waals surface area contributed by atoms with Crippen LogP contribution in [-0.2, 0) is 0 Å². The molecule has 0 fully saturated rings. The van der Waals surface area contributed by atoms with Crippen LogP contribution in [0.15, 0.2) is 29.1 Å². The number of hydrogen-bond acceptors (Lipinski definition) is 4. The molecule has 6 nitrogen and oxygen atoms in total. The lowest BCUT2D eigenvalue weighted by atomic mass is 10.1. The summed E-state index contributed by atoms with van der Waals surface area (Å²) in [4.78, 5) is 20.4. The van der Waals surface area contributed by atoms with Crippen molar-refractivity contribution in [1.29, 1.82) is 0 Å².